The van der Waals surface area contributed by atoms with Crippen molar-refractivity contribution in [2.24, 2.45) is 0 Å². The Kier molecular flexibility index (Phi) is 4.01. The van der Waals surface area contributed by atoms with Crippen molar-refractivity contribution in [1.29, 1.82) is 0 Å². The van der Waals surface area contributed by atoms with Crippen molar-refractivity contribution in [2.45, 2.75) is 6.36 Å². The Balaban J connectivity index is 2.13. The van der Waals surface area contributed by atoms with Gasteiger partial charge in [0.15, 0.2) is 5.82 Å². The van der Waals surface area contributed by atoms with Gasteiger partial charge in [-0.1, -0.05) is 0 Å². The molecule has 0 aliphatic rings. The predicted molar refractivity (Wildman–Crippen MR) is 69.4 cm³/mol. The summed E-state index contributed by atoms with van der Waals surface area (Å²) in [5, 5.41) is 10.4. The monoisotopic (exact) mass is 300 g/mol. The van der Waals surface area contributed by atoms with E-state index in [-0.39, 0.29) is 5.69 Å². The van der Waals surface area contributed by atoms with Crippen LogP contribution in [0.3, 0.4) is 0 Å². The second-order valence-electron chi connectivity index (χ2n) is 3.88. The van der Waals surface area contributed by atoms with Gasteiger partial charge in [0.1, 0.15) is 5.75 Å². The first-order chi connectivity index (χ1) is 9.87. The third-order valence-electron chi connectivity index (χ3n) is 2.37. The Morgan fingerprint density at radius 3 is 2.43 bits per heavy atom. The lowest BCUT2D eigenvalue weighted by atomic mass is 10.2. The fourth-order valence-corrected chi connectivity index (χ4v) is 1.49. The number of nitrogens with one attached hydrogen (secondary N) is 1. The molecule has 6 nitrogen and oxygen atoms in total. The van der Waals surface area contributed by atoms with E-state index in [1.165, 1.54) is 13.2 Å². The van der Waals surface area contributed by atoms with Gasteiger partial charge in [-0.3, -0.25) is 0 Å². The first kappa shape index (κ1) is 14.7. The van der Waals surface area contributed by atoms with Gasteiger partial charge < -0.3 is 20.5 Å². The zero-order valence-electron chi connectivity index (χ0n) is 10.8. The summed E-state index contributed by atoms with van der Waals surface area (Å²) in [6.07, 6.45) is -4.76. The predicted octanol–water partition coefficient (Wildman–Crippen LogP) is 2.71. The molecule has 0 aliphatic carbocycles. The number of aromatic nitrogens is 2. The van der Waals surface area contributed by atoms with Gasteiger partial charge in [0.2, 0.25) is 5.88 Å². The van der Waals surface area contributed by atoms with Crippen molar-refractivity contribution in [3.63, 3.8) is 0 Å². The number of alkyl halides is 3. The molecule has 0 aliphatic heterocycles. The average Bonchev–Trinajstić information content (AvgIpc) is 2.41. The molecule has 0 radical (unpaired) electrons. The molecule has 21 heavy (non-hydrogen) atoms. The Morgan fingerprint density at radius 1 is 1.14 bits per heavy atom. The molecule has 2 aromatic rings. The van der Waals surface area contributed by atoms with Crippen LogP contribution in [-0.4, -0.2) is 23.7 Å². The zero-order valence-corrected chi connectivity index (χ0v) is 10.8. The van der Waals surface area contributed by atoms with Gasteiger partial charge in [0.05, 0.1) is 18.5 Å². The summed E-state index contributed by atoms with van der Waals surface area (Å²) in [7, 11) is 1.45. The lowest BCUT2D eigenvalue weighted by Gasteiger charge is -2.12. The van der Waals surface area contributed by atoms with E-state index in [9.17, 15) is 13.2 Å². The normalized spacial score (nSPS) is 11.0. The number of hydrogen-bond acceptors (Lipinski definition) is 6. The molecule has 2 rings (SSSR count). The Labute approximate surface area is 117 Å². The highest BCUT2D eigenvalue weighted by atomic mass is 19.4. The molecule has 1 heterocycles. The van der Waals surface area contributed by atoms with Gasteiger partial charge in [0.25, 0.3) is 0 Å². The quantitative estimate of drug-likeness (QED) is 0.845. The van der Waals surface area contributed by atoms with Crippen LogP contribution in [0.15, 0.2) is 30.3 Å². The van der Waals surface area contributed by atoms with Crippen LogP contribution in [-0.2, 0) is 0 Å². The topological polar surface area (TPSA) is 82.3 Å². The number of nitrogen functional groups attached to an aromatic ring is 1. The molecule has 0 bridgehead atoms. The molecule has 0 atom stereocenters. The minimum absolute atomic E-state index is 0.0781. The third kappa shape index (κ3) is 4.13. The van der Waals surface area contributed by atoms with Crippen LogP contribution < -0.4 is 20.5 Å². The molecular formula is C12H11F3N4O2. The van der Waals surface area contributed by atoms with Gasteiger partial charge in [-0.2, -0.15) is 0 Å². The molecule has 0 unspecified atom stereocenters. The van der Waals surface area contributed by atoms with Crippen LogP contribution in [0.4, 0.5) is 30.4 Å². The smallest absolute Gasteiger partial charge is 0.480 e. The average molecular weight is 300 g/mol. The lowest BCUT2D eigenvalue weighted by molar-refractivity contribution is -0.274. The number of nitrogens with zero attached hydrogens (tertiary/aromatic N) is 2. The number of benzene rings is 1. The zero-order chi connectivity index (χ0) is 15.5. The number of methoxy groups -OCH3 is 1. The highest BCUT2D eigenvalue weighted by Crippen LogP contribution is 2.30. The summed E-state index contributed by atoms with van der Waals surface area (Å²) in [4.78, 5) is 0. The number of halogens is 3. The van der Waals surface area contributed by atoms with Crippen LogP contribution >= 0.6 is 0 Å². The van der Waals surface area contributed by atoms with Crippen molar-refractivity contribution < 1.29 is 22.6 Å². The maximum absolute atomic E-state index is 12.1. The van der Waals surface area contributed by atoms with Crippen LogP contribution in [0.25, 0.3) is 0 Å². The molecular weight excluding hydrogens is 289 g/mol. The summed E-state index contributed by atoms with van der Waals surface area (Å²) in [6.45, 7) is 0. The lowest BCUT2D eigenvalue weighted by Crippen LogP contribution is -2.17. The number of hydrogen-bond donors (Lipinski definition) is 2. The van der Waals surface area contributed by atoms with Crippen LogP contribution in [0.5, 0.6) is 11.6 Å². The molecule has 3 N–H and O–H groups in total. The van der Waals surface area contributed by atoms with Crippen LogP contribution in [0.1, 0.15) is 0 Å². The van der Waals surface area contributed by atoms with Gasteiger partial charge in [-0.25, -0.2) is 0 Å². The molecule has 0 spiro atoms. The van der Waals surface area contributed by atoms with E-state index in [0.29, 0.717) is 17.4 Å². The summed E-state index contributed by atoms with van der Waals surface area (Å²) in [5.74, 6) is 0.306. The molecule has 1 aromatic heterocycles. The van der Waals surface area contributed by atoms with Gasteiger partial charge in [-0.05, 0) is 18.2 Å². The fourth-order valence-electron chi connectivity index (χ4n) is 1.49. The highest BCUT2D eigenvalue weighted by molar-refractivity contribution is 5.72. The van der Waals surface area contributed by atoms with Crippen molar-refractivity contribution in [3.05, 3.63) is 30.3 Å². The standard InChI is InChI=1S/C12H11F3N4O2/c1-20-11-5-4-10(18-19-11)17-9-3-2-7(6-8(9)16)21-12(13,14)15/h2-6H,16H2,1H3,(H,17,18). The van der Waals surface area contributed by atoms with Gasteiger partial charge >= 0.3 is 6.36 Å². The molecule has 0 saturated heterocycles. The first-order valence-corrected chi connectivity index (χ1v) is 5.67. The molecule has 0 saturated carbocycles. The van der Waals surface area contributed by atoms with Crippen molar-refractivity contribution in [3.8, 4) is 11.6 Å². The first-order valence-electron chi connectivity index (χ1n) is 5.67. The second-order valence-corrected chi connectivity index (χ2v) is 3.88. The van der Waals surface area contributed by atoms with E-state index in [1.807, 2.05) is 0 Å². The molecule has 0 fully saturated rings. The van der Waals surface area contributed by atoms with Crippen molar-refractivity contribution >= 4 is 17.2 Å². The Morgan fingerprint density at radius 2 is 1.90 bits per heavy atom. The van der Waals surface area contributed by atoms with E-state index >= 15 is 0 Å². The highest BCUT2D eigenvalue weighted by Gasteiger charge is 2.31. The Hall–Kier alpha value is -2.71. The number of nitrogens with two attached hydrogens (primary N) is 1. The molecule has 112 valence electrons. The Bertz CT molecular complexity index is 617. The van der Waals surface area contributed by atoms with Crippen molar-refractivity contribution in [1.82, 2.24) is 10.2 Å². The molecule has 1 aromatic carbocycles. The van der Waals surface area contributed by atoms with E-state index in [0.717, 1.165) is 12.1 Å². The minimum atomic E-state index is -4.76. The summed E-state index contributed by atoms with van der Waals surface area (Å²) < 4.78 is 44.9. The minimum Gasteiger partial charge on any atom is -0.480 e. The van der Waals surface area contributed by atoms with Crippen LogP contribution in [0, 0.1) is 0 Å². The van der Waals surface area contributed by atoms with Crippen LogP contribution in [0.2, 0.25) is 0 Å². The number of anilines is 3. The van der Waals surface area contributed by atoms with Gasteiger partial charge in [0, 0.05) is 12.1 Å². The van der Waals surface area contributed by atoms with E-state index < -0.39 is 12.1 Å². The fraction of sp³-hybridized carbons (Fsp3) is 0.167. The summed E-state index contributed by atoms with van der Waals surface area (Å²) in [6, 6.07) is 6.72. The second kappa shape index (κ2) is 5.73. The molecule has 9 heteroatoms. The van der Waals surface area contributed by atoms with Crippen molar-refractivity contribution in [2.75, 3.05) is 18.2 Å². The van der Waals surface area contributed by atoms with E-state index in [2.05, 4.69) is 20.3 Å². The number of ether oxygens (including phenoxy) is 2. The third-order valence-corrected chi connectivity index (χ3v) is 2.37. The van der Waals surface area contributed by atoms with E-state index in [1.54, 1.807) is 12.1 Å². The maximum atomic E-state index is 12.1. The SMILES string of the molecule is COc1ccc(Nc2ccc(OC(F)(F)F)cc2N)nn1. The summed E-state index contributed by atoms with van der Waals surface area (Å²) >= 11 is 0. The maximum Gasteiger partial charge on any atom is 0.573 e. The largest absolute Gasteiger partial charge is 0.573 e. The summed E-state index contributed by atoms with van der Waals surface area (Å²) in [5.41, 5.74) is 6.12. The molecule has 0 amide bonds. The number of rotatable bonds is 4. The van der Waals surface area contributed by atoms with Gasteiger partial charge in [-0.15, -0.1) is 23.4 Å². The van der Waals surface area contributed by atoms with E-state index in [4.69, 9.17) is 10.5 Å².